The predicted octanol–water partition coefficient (Wildman–Crippen LogP) is -0.162. The number of rotatable bonds is 6. The van der Waals surface area contributed by atoms with Gasteiger partial charge in [0.25, 0.3) is 0 Å². The van der Waals surface area contributed by atoms with Crippen LogP contribution in [0.3, 0.4) is 0 Å². The van der Waals surface area contributed by atoms with E-state index in [1.54, 1.807) is 7.11 Å². The van der Waals surface area contributed by atoms with Crippen LogP contribution in [0.2, 0.25) is 0 Å². The molecule has 0 bridgehead atoms. The molecule has 1 fully saturated rings. The number of β-amino-alcohol motifs (C(OH)–C–C–N with tert-alkyl or cyclic N) is 1. The molecule has 1 saturated heterocycles. The van der Waals surface area contributed by atoms with Gasteiger partial charge in [0.15, 0.2) is 0 Å². The quantitative estimate of drug-likeness (QED) is 0.587. The fourth-order valence-electron chi connectivity index (χ4n) is 2.26. The second-order valence-corrected chi connectivity index (χ2v) is 5.86. The monoisotopic (exact) mass is 370 g/mol. The molecule has 0 saturated carbocycles. The smallest absolute Gasteiger partial charge is 0.414 e. The topological polar surface area (TPSA) is 120 Å². The van der Waals surface area contributed by atoms with Crippen LogP contribution in [0.4, 0.5) is 0 Å². The van der Waals surface area contributed by atoms with Crippen molar-refractivity contribution in [1.82, 2.24) is 9.80 Å². The molecule has 9 heteroatoms. The van der Waals surface area contributed by atoms with E-state index in [0.717, 1.165) is 37.7 Å². The second kappa shape index (κ2) is 11.3. The number of aliphatic carboxylic acids is 2. The van der Waals surface area contributed by atoms with Crippen molar-refractivity contribution in [2.75, 3.05) is 53.5 Å². The van der Waals surface area contributed by atoms with Crippen molar-refractivity contribution in [3.63, 3.8) is 0 Å². The van der Waals surface area contributed by atoms with Crippen LogP contribution in [-0.4, -0.2) is 96.7 Å². The molecule has 1 aromatic rings. The van der Waals surface area contributed by atoms with E-state index in [-0.39, 0.29) is 0 Å². The Kier molecular flexibility index (Phi) is 9.42. The summed E-state index contributed by atoms with van der Waals surface area (Å²) in [6.07, 6.45) is -0.468. The third-order valence-electron chi connectivity index (χ3n) is 3.73. The molecule has 1 aliphatic rings. The third kappa shape index (κ3) is 8.65. The lowest BCUT2D eigenvalue weighted by Gasteiger charge is -2.33. The molecule has 1 aromatic carbocycles. The summed E-state index contributed by atoms with van der Waals surface area (Å²) in [4.78, 5) is 22.8. The first-order valence-corrected chi connectivity index (χ1v) is 8.14. The summed E-state index contributed by atoms with van der Waals surface area (Å²) in [7, 11) is 3.75. The van der Waals surface area contributed by atoms with Crippen LogP contribution in [0, 0.1) is 0 Å². The number of nitrogens with zero attached hydrogens (tertiary/aromatic N) is 2. The van der Waals surface area contributed by atoms with Gasteiger partial charge in [0.05, 0.1) is 7.11 Å². The Hall–Kier alpha value is -2.36. The molecule has 3 N–H and O–H groups in total. The highest BCUT2D eigenvalue weighted by molar-refractivity contribution is 6.27. The maximum absolute atomic E-state index is 10.0. The molecule has 0 aromatic heterocycles. The van der Waals surface area contributed by atoms with Gasteiger partial charge in [-0.1, -0.05) is 6.07 Å². The number of ether oxygens (including phenoxy) is 2. The highest BCUT2D eigenvalue weighted by Crippen LogP contribution is 2.18. The number of aliphatic hydroxyl groups excluding tert-OH is 1. The molecule has 1 heterocycles. The van der Waals surface area contributed by atoms with Crippen LogP contribution in [-0.2, 0) is 9.59 Å². The minimum absolute atomic E-state index is 0.305. The molecule has 1 aliphatic heterocycles. The summed E-state index contributed by atoms with van der Waals surface area (Å²) in [5.41, 5.74) is 0. The summed E-state index contributed by atoms with van der Waals surface area (Å²) in [6.45, 7) is 5.10. The van der Waals surface area contributed by atoms with Gasteiger partial charge in [-0.3, -0.25) is 4.90 Å². The second-order valence-electron chi connectivity index (χ2n) is 5.86. The summed E-state index contributed by atoms with van der Waals surface area (Å²) in [5, 5.41) is 24.8. The van der Waals surface area contributed by atoms with Crippen molar-refractivity contribution >= 4 is 11.9 Å². The number of carboxylic acid groups (broad SMARTS) is 2. The number of carboxylic acids is 2. The Labute approximate surface area is 152 Å². The van der Waals surface area contributed by atoms with E-state index >= 15 is 0 Å². The maximum Gasteiger partial charge on any atom is 0.414 e. The lowest BCUT2D eigenvalue weighted by Crippen LogP contribution is -2.47. The Morgan fingerprint density at radius 3 is 2.23 bits per heavy atom. The van der Waals surface area contributed by atoms with E-state index < -0.39 is 18.0 Å². The van der Waals surface area contributed by atoms with Crippen molar-refractivity contribution < 1.29 is 34.4 Å². The summed E-state index contributed by atoms with van der Waals surface area (Å²) >= 11 is 0. The molecule has 146 valence electrons. The Balaban J connectivity index is 0.000000487. The van der Waals surface area contributed by atoms with Gasteiger partial charge in [-0.05, 0) is 19.2 Å². The van der Waals surface area contributed by atoms with Crippen LogP contribution in [0.15, 0.2) is 24.3 Å². The van der Waals surface area contributed by atoms with E-state index in [4.69, 9.17) is 29.3 Å². The molecule has 1 atom stereocenters. The molecular weight excluding hydrogens is 344 g/mol. The van der Waals surface area contributed by atoms with Crippen molar-refractivity contribution in [3.05, 3.63) is 24.3 Å². The Bertz CT molecular complexity index is 562. The van der Waals surface area contributed by atoms with Crippen molar-refractivity contribution in [1.29, 1.82) is 0 Å². The number of piperazine rings is 1. The van der Waals surface area contributed by atoms with Gasteiger partial charge in [-0.25, -0.2) is 9.59 Å². The van der Waals surface area contributed by atoms with Gasteiger partial charge < -0.3 is 29.7 Å². The first kappa shape index (κ1) is 21.7. The minimum atomic E-state index is -1.82. The predicted molar refractivity (Wildman–Crippen MR) is 93.7 cm³/mol. The van der Waals surface area contributed by atoms with Gasteiger partial charge in [0, 0.05) is 38.8 Å². The molecule has 0 radical (unpaired) electrons. The Morgan fingerprint density at radius 2 is 1.69 bits per heavy atom. The molecule has 2 rings (SSSR count). The normalized spacial score (nSPS) is 16.1. The Morgan fingerprint density at radius 1 is 1.12 bits per heavy atom. The lowest BCUT2D eigenvalue weighted by atomic mass is 10.2. The molecule has 1 unspecified atom stereocenters. The zero-order valence-corrected chi connectivity index (χ0v) is 15.0. The number of aliphatic hydroxyl groups is 1. The van der Waals surface area contributed by atoms with E-state index in [9.17, 15) is 5.11 Å². The standard InChI is InChI=1S/C15H24N2O3.C2H2O4/c1-16-6-8-17(9-7-16)11-13(18)12-20-15-5-3-4-14(10-15)19-2;3-1(4)2(5)6/h3-5,10,13,18H,6-9,11-12H2,1-2H3;(H,3,4)(H,5,6). The molecule has 0 aliphatic carbocycles. The van der Waals surface area contributed by atoms with Crippen LogP contribution >= 0.6 is 0 Å². The lowest BCUT2D eigenvalue weighted by molar-refractivity contribution is -0.159. The molecule has 0 amide bonds. The van der Waals surface area contributed by atoms with Gasteiger partial charge in [0.2, 0.25) is 0 Å². The average Bonchev–Trinajstić information content (AvgIpc) is 2.62. The van der Waals surface area contributed by atoms with Crippen molar-refractivity contribution in [2.45, 2.75) is 6.10 Å². The maximum atomic E-state index is 10.0. The first-order valence-electron chi connectivity index (χ1n) is 8.14. The summed E-state index contributed by atoms with van der Waals surface area (Å²) < 4.78 is 10.7. The third-order valence-corrected chi connectivity index (χ3v) is 3.73. The number of benzene rings is 1. The summed E-state index contributed by atoms with van der Waals surface area (Å²) in [6, 6.07) is 7.43. The highest BCUT2D eigenvalue weighted by atomic mass is 16.5. The van der Waals surface area contributed by atoms with E-state index in [1.807, 2.05) is 24.3 Å². The number of likely N-dealkylation sites (N-methyl/N-ethyl adjacent to an activating group) is 1. The average molecular weight is 370 g/mol. The number of hydrogen-bond donors (Lipinski definition) is 3. The van der Waals surface area contributed by atoms with Crippen LogP contribution in [0.25, 0.3) is 0 Å². The minimum Gasteiger partial charge on any atom is -0.497 e. The molecular formula is C17H26N2O7. The van der Waals surface area contributed by atoms with Gasteiger partial charge in [0.1, 0.15) is 24.2 Å². The summed E-state index contributed by atoms with van der Waals surface area (Å²) in [5.74, 6) is -2.16. The van der Waals surface area contributed by atoms with Crippen LogP contribution < -0.4 is 9.47 Å². The zero-order chi connectivity index (χ0) is 19.5. The van der Waals surface area contributed by atoms with Crippen LogP contribution in [0.5, 0.6) is 11.5 Å². The van der Waals surface area contributed by atoms with Gasteiger partial charge in [-0.15, -0.1) is 0 Å². The number of methoxy groups -OCH3 is 1. The van der Waals surface area contributed by atoms with E-state index in [2.05, 4.69) is 16.8 Å². The first-order chi connectivity index (χ1) is 12.3. The van der Waals surface area contributed by atoms with Gasteiger partial charge >= 0.3 is 11.9 Å². The molecule has 26 heavy (non-hydrogen) atoms. The van der Waals surface area contributed by atoms with E-state index in [1.165, 1.54) is 0 Å². The zero-order valence-electron chi connectivity index (χ0n) is 15.0. The number of carbonyl (C=O) groups is 2. The largest absolute Gasteiger partial charge is 0.497 e. The van der Waals surface area contributed by atoms with E-state index in [0.29, 0.717) is 13.2 Å². The molecule has 0 spiro atoms. The molecule has 9 nitrogen and oxygen atoms in total. The highest BCUT2D eigenvalue weighted by Gasteiger charge is 2.17. The van der Waals surface area contributed by atoms with Crippen molar-refractivity contribution in [2.24, 2.45) is 0 Å². The van der Waals surface area contributed by atoms with Gasteiger partial charge in [-0.2, -0.15) is 0 Å². The SMILES string of the molecule is COc1cccc(OCC(O)CN2CCN(C)CC2)c1.O=C(O)C(=O)O. The fourth-order valence-corrected chi connectivity index (χ4v) is 2.26. The van der Waals surface area contributed by atoms with Crippen LogP contribution in [0.1, 0.15) is 0 Å². The van der Waals surface area contributed by atoms with Crippen molar-refractivity contribution in [3.8, 4) is 11.5 Å². The number of hydrogen-bond acceptors (Lipinski definition) is 7. The fraction of sp³-hybridized carbons (Fsp3) is 0.529.